The molecule has 0 saturated heterocycles. The lowest BCUT2D eigenvalue weighted by molar-refractivity contribution is 0.0367. The maximum absolute atomic E-state index is 12.4. The molecule has 1 saturated carbocycles. The molecule has 6 heteroatoms. The van der Waals surface area contributed by atoms with E-state index in [-0.39, 0.29) is 12.0 Å². The number of anilines is 1. The first-order chi connectivity index (χ1) is 9.43. The summed E-state index contributed by atoms with van der Waals surface area (Å²) in [6.07, 6.45) is 1.13. The van der Waals surface area contributed by atoms with Crippen LogP contribution in [0.1, 0.15) is 19.8 Å². The van der Waals surface area contributed by atoms with Gasteiger partial charge in [-0.2, -0.15) is 0 Å². The summed E-state index contributed by atoms with van der Waals surface area (Å²) in [6.45, 7) is 3.26. The molecule has 0 amide bonds. The van der Waals surface area contributed by atoms with Crippen molar-refractivity contribution in [1.82, 2.24) is 4.31 Å². The van der Waals surface area contributed by atoms with Gasteiger partial charge in [0, 0.05) is 25.8 Å². The molecule has 0 aromatic heterocycles. The van der Waals surface area contributed by atoms with Crippen molar-refractivity contribution in [1.29, 1.82) is 0 Å². The predicted octanol–water partition coefficient (Wildman–Crippen LogP) is 1.51. The van der Waals surface area contributed by atoms with E-state index in [0.29, 0.717) is 24.3 Å². The van der Waals surface area contributed by atoms with E-state index in [1.165, 1.54) is 4.31 Å². The molecule has 2 rings (SSSR count). The molecule has 0 heterocycles. The van der Waals surface area contributed by atoms with Crippen LogP contribution in [0, 0.1) is 5.92 Å². The van der Waals surface area contributed by atoms with Gasteiger partial charge >= 0.3 is 0 Å². The van der Waals surface area contributed by atoms with Crippen LogP contribution in [0.25, 0.3) is 0 Å². The summed E-state index contributed by atoms with van der Waals surface area (Å²) >= 11 is 0. The number of sulfonamides is 1. The van der Waals surface area contributed by atoms with Gasteiger partial charge in [0.05, 0.1) is 11.0 Å². The van der Waals surface area contributed by atoms with Crippen molar-refractivity contribution in [3.8, 4) is 0 Å². The molecule has 5 nitrogen and oxygen atoms in total. The van der Waals surface area contributed by atoms with Crippen molar-refractivity contribution in [2.45, 2.75) is 30.8 Å². The molecule has 0 bridgehead atoms. The van der Waals surface area contributed by atoms with Crippen LogP contribution < -0.4 is 5.32 Å². The highest BCUT2D eigenvalue weighted by Crippen LogP contribution is 2.29. The topological polar surface area (TPSA) is 69.6 Å². The van der Waals surface area contributed by atoms with E-state index >= 15 is 0 Å². The lowest BCUT2D eigenvalue weighted by atomic mass is 9.82. The fourth-order valence-corrected chi connectivity index (χ4v) is 3.69. The van der Waals surface area contributed by atoms with Crippen molar-refractivity contribution in [2.24, 2.45) is 5.92 Å². The summed E-state index contributed by atoms with van der Waals surface area (Å²) in [5.74, 6) is 0.269. The number of benzene rings is 1. The average molecular weight is 298 g/mol. The third-order valence-electron chi connectivity index (χ3n) is 3.67. The number of rotatable bonds is 6. The Balaban J connectivity index is 2.04. The van der Waals surface area contributed by atoms with E-state index < -0.39 is 10.0 Å². The Morgan fingerprint density at radius 2 is 1.90 bits per heavy atom. The summed E-state index contributed by atoms with van der Waals surface area (Å²) in [5.41, 5.74) is 0.913. The summed E-state index contributed by atoms with van der Waals surface area (Å²) in [7, 11) is -1.84. The Labute approximate surface area is 120 Å². The highest BCUT2D eigenvalue weighted by Gasteiger charge is 2.31. The van der Waals surface area contributed by atoms with Crippen LogP contribution >= 0.6 is 0 Å². The average Bonchev–Trinajstić information content (AvgIpc) is 2.38. The second kappa shape index (κ2) is 6.11. The second-order valence-electron chi connectivity index (χ2n) is 5.33. The zero-order valence-electron chi connectivity index (χ0n) is 11.9. The van der Waals surface area contributed by atoms with Crippen molar-refractivity contribution >= 4 is 15.7 Å². The summed E-state index contributed by atoms with van der Waals surface area (Å²) in [5, 5.41) is 12.4. The number of nitrogens with zero attached hydrogens (tertiary/aromatic N) is 1. The number of hydrogen-bond acceptors (Lipinski definition) is 4. The molecule has 0 atom stereocenters. The van der Waals surface area contributed by atoms with Crippen LogP contribution in [0.2, 0.25) is 0 Å². The van der Waals surface area contributed by atoms with Gasteiger partial charge in [0.1, 0.15) is 0 Å². The second-order valence-corrected chi connectivity index (χ2v) is 7.38. The molecule has 2 N–H and O–H groups in total. The molecule has 0 unspecified atom stereocenters. The van der Waals surface area contributed by atoms with Crippen LogP contribution in [0.3, 0.4) is 0 Å². The van der Waals surface area contributed by atoms with Gasteiger partial charge in [0.2, 0.25) is 10.0 Å². The first-order valence-corrected chi connectivity index (χ1v) is 8.36. The van der Waals surface area contributed by atoms with Crippen molar-refractivity contribution < 1.29 is 13.5 Å². The Bertz CT molecular complexity index is 536. The largest absolute Gasteiger partial charge is 0.393 e. The van der Waals surface area contributed by atoms with Gasteiger partial charge in [-0.1, -0.05) is 0 Å². The molecule has 1 fully saturated rings. The molecule has 0 spiro atoms. The van der Waals surface area contributed by atoms with Gasteiger partial charge in [-0.15, -0.1) is 0 Å². The van der Waals surface area contributed by atoms with Crippen molar-refractivity contribution in [3.05, 3.63) is 24.3 Å². The molecule has 112 valence electrons. The smallest absolute Gasteiger partial charge is 0.242 e. The molecule has 20 heavy (non-hydrogen) atoms. The quantitative estimate of drug-likeness (QED) is 0.835. The van der Waals surface area contributed by atoms with Gasteiger partial charge in [0.25, 0.3) is 0 Å². The fraction of sp³-hybridized carbons (Fsp3) is 0.571. The zero-order valence-corrected chi connectivity index (χ0v) is 12.7. The number of aliphatic hydroxyl groups excluding tert-OH is 1. The Morgan fingerprint density at radius 1 is 1.30 bits per heavy atom. The monoisotopic (exact) mass is 298 g/mol. The Kier molecular flexibility index (Phi) is 4.67. The highest BCUT2D eigenvalue weighted by molar-refractivity contribution is 7.89. The third-order valence-corrected chi connectivity index (χ3v) is 5.51. The van der Waals surface area contributed by atoms with Crippen LogP contribution in [-0.4, -0.2) is 44.1 Å². The van der Waals surface area contributed by atoms with Gasteiger partial charge < -0.3 is 10.4 Å². The molecule has 1 aromatic carbocycles. The summed E-state index contributed by atoms with van der Waals surface area (Å²) in [4.78, 5) is 0.307. The van der Waals surface area contributed by atoms with Gasteiger partial charge in [-0.25, -0.2) is 12.7 Å². The molecule has 1 aromatic rings. The predicted molar refractivity (Wildman–Crippen MR) is 79.2 cm³/mol. The first kappa shape index (κ1) is 15.3. The minimum absolute atomic E-state index is 0.254. The third kappa shape index (κ3) is 3.31. The van der Waals surface area contributed by atoms with E-state index in [0.717, 1.165) is 12.2 Å². The Morgan fingerprint density at radius 3 is 2.40 bits per heavy atom. The SMILES string of the molecule is CCNc1ccc(S(=O)(=O)N(C)CC2CC(O)C2)cc1. The van der Waals surface area contributed by atoms with Crippen molar-refractivity contribution in [2.75, 3.05) is 25.5 Å². The lowest BCUT2D eigenvalue weighted by Gasteiger charge is -2.34. The minimum Gasteiger partial charge on any atom is -0.393 e. The molecule has 1 aliphatic rings. The van der Waals surface area contributed by atoms with Crippen LogP contribution in [-0.2, 0) is 10.0 Å². The molecular formula is C14H22N2O3S. The normalized spacial score (nSPS) is 22.6. The van der Waals surface area contributed by atoms with Gasteiger partial charge in [-0.3, -0.25) is 0 Å². The molecule has 0 aliphatic heterocycles. The standard InChI is InChI=1S/C14H22N2O3S/c1-3-15-12-4-6-14(7-5-12)20(18,19)16(2)10-11-8-13(17)9-11/h4-7,11,13,15,17H,3,8-10H2,1-2H3. The molecule has 1 aliphatic carbocycles. The molecule has 0 radical (unpaired) electrons. The van der Waals surface area contributed by atoms with E-state index in [1.54, 1.807) is 31.3 Å². The van der Waals surface area contributed by atoms with Gasteiger partial charge in [-0.05, 0) is 49.9 Å². The van der Waals surface area contributed by atoms with Crippen LogP contribution in [0.4, 0.5) is 5.69 Å². The maximum atomic E-state index is 12.4. The van der Waals surface area contributed by atoms with Crippen molar-refractivity contribution in [3.63, 3.8) is 0 Å². The number of hydrogen-bond donors (Lipinski definition) is 2. The summed E-state index contributed by atoms with van der Waals surface area (Å²) in [6, 6.07) is 6.80. The first-order valence-electron chi connectivity index (χ1n) is 6.91. The van der Waals surface area contributed by atoms with E-state index in [1.807, 2.05) is 6.92 Å². The van der Waals surface area contributed by atoms with E-state index in [9.17, 15) is 13.5 Å². The fourth-order valence-electron chi connectivity index (χ4n) is 2.44. The number of nitrogens with one attached hydrogen (secondary N) is 1. The van der Waals surface area contributed by atoms with Gasteiger partial charge in [0.15, 0.2) is 0 Å². The van der Waals surface area contributed by atoms with E-state index in [4.69, 9.17) is 0 Å². The summed E-state index contributed by atoms with van der Waals surface area (Å²) < 4.78 is 26.2. The van der Waals surface area contributed by atoms with E-state index in [2.05, 4.69) is 5.32 Å². The van der Waals surface area contributed by atoms with Crippen LogP contribution in [0.15, 0.2) is 29.2 Å². The highest BCUT2D eigenvalue weighted by atomic mass is 32.2. The maximum Gasteiger partial charge on any atom is 0.242 e. The number of aliphatic hydroxyl groups is 1. The zero-order chi connectivity index (χ0) is 14.8. The van der Waals surface area contributed by atoms with Crippen LogP contribution in [0.5, 0.6) is 0 Å². The lowest BCUT2D eigenvalue weighted by Crippen LogP contribution is -2.39. The Hall–Kier alpha value is -1.11. The molecular weight excluding hydrogens is 276 g/mol. The minimum atomic E-state index is -3.44.